The van der Waals surface area contributed by atoms with Crippen LogP contribution in [0, 0.1) is 11.8 Å². The zero-order valence-electron chi connectivity index (χ0n) is 12.3. The molecular formula is C18H23NO2. The van der Waals surface area contributed by atoms with Crippen LogP contribution in [0.1, 0.15) is 49.1 Å². The predicted octanol–water partition coefficient (Wildman–Crippen LogP) is 2.38. The quantitative estimate of drug-likeness (QED) is 0.896. The highest BCUT2D eigenvalue weighted by Gasteiger charge is 2.57. The Bertz CT molecular complexity index is 562. The van der Waals surface area contributed by atoms with Gasteiger partial charge in [0.15, 0.2) is 0 Å². The number of hydrogen-bond donors (Lipinski definition) is 2. The van der Waals surface area contributed by atoms with Gasteiger partial charge in [-0.15, -0.1) is 0 Å². The van der Waals surface area contributed by atoms with Gasteiger partial charge in [-0.25, -0.2) is 0 Å². The molecule has 0 bridgehead atoms. The summed E-state index contributed by atoms with van der Waals surface area (Å²) in [5, 5.41) is 13.4. The molecule has 3 nitrogen and oxygen atoms in total. The van der Waals surface area contributed by atoms with Gasteiger partial charge in [-0.3, -0.25) is 4.79 Å². The average Bonchev–Trinajstić information content (AvgIpc) is 3.11. The Balaban J connectivity index is 1.41. The topological polar surface area (TPSA) is 49.3 Å². The Morgan fingerprint density at radius 1 is 1.29 bits per heavy atom. The van der Waals surface area contributed by atoms with Crippen molar-refractivity contribution in [2.24, 2.45) is 11.8 Å². The highest BCUT2D eigenvalue weighted by atomic mass is 16.3. The summed E-state index contributed by atoms with van der Waals surface area (Å²) in [5.41, 5.74) is 2.16. The molecule has 0 radical (unpaired) electrons. The van der Waals surface area contributed by atoms with Crippen molar-refractivity contribution in [1.29, 1.82) is 0 Å². The number of fused-ring (bicyclic) bond motifs is 3. The third-order valence-electron chi connectivity index (χ3n) is 5.76. The van der Waals surface area contributed by atoms with Crippen LogP contribution in [0.5, 0.6) is 0 Å². The van der Waals surface area contributed by atoms with Gasteiger partial charge in [0.2, 0.25) is 5.91 Å². The van der Waals surface area contributed by atoms with E-state index in [-0.39, 0.29) is 11.8 Å². The van der Waals surface area contributed by atoms with Gasteiger partial charge < -0.3 is 10.4 Å². The summed E-state index contributed by atoms with van der Waals surface area (Å²) in [7, 11) is 0. The highest BCUT2D eigenvalue weighted by Crippen LogP contribution is 2.59. The van der Waals surface area contributed by atoms with E-state index < -0.39 is 5.60 Å². The van der Waals surface area contributed by atoms with Crippen LogP contribution in [-0.4, -0.2) is 23.2 Å². The van der Waals surface area contributed by atoms with Gasteiger partial charge in [-0.1, -0.05) is 37.1 Å². The van der Waals surface area contributed by atoms with Crippen LogP contribution in [0.25, 0.3) is 0 Å². The van der Waals surface area contributed by atoms with E-state index >= 15 is 0 Å². The van der Waals surface area contributed by atoms with Gasteiger partial charge in [0.05, 0.1) is 5.60 Å². The lowest BCUT2D eigenvalue weighted by Crippen LogP contribution is -2.41. The lowest BCUT2D eigenvalue weighted by atomic mass is 9.92. The molecule has 0 aliphatic heterocycles. The Hall–Kier alpha value is -1.35. The Morgan fingerprint density at radius 2 is 2.05 bits per heavy atom. The number of amides is 1. The van der Waals surface area contributed by atoms with E-state index in [0.29, 0.717) is 18.4 Å². The van der Waals surface area contributed by atoms with E-state index in [9.17, 15) is 9.90 Å². The SMILES string of the molecule is O=C(NCC1(O)CCCC1)C1C2CCc3ccccc3C21. The molecule has 112 valence electrons. The number of aryl methyl sites for hydroxylation is 1. The molecule has 2 saturated carbocycles. The van der Waals surface area contributed by atoms with Gasteiger partial charge in [0.25, 0.3) is 0 Å². The van der Waals surface area contributed by atoms with Crippen molar-refractivity contribution < 1.29 is 9.90 Å². The molecule has 1 aromatic carbocycles. The van der Waals surface area contributed by atoms with Gasteiger partial charge in [-0.05, 0) is 48.6 Å². The van der Waals surface area contributed by atoms with Crippen LogP contribution >= 0.6 is 0 Å². The molecule has 0 spiro atoms. The Morgan fingerprint density at radius 3 is 2.86 bits per heavy atom. The summed E-state index contributed by atoms with van der Waals surface area (Å²) in [6.45, 7) is 0.434. The van der Waals surface area contributed by atoms with Gasteiger partial charge in [0.1, 0.15) is 0 Å². The molecule has 1 amide bonds. The van der Waals surface area contributed by atoms with Crippen molar-refractivity contribution in [3.05, 3.63) is 35.4 Å². The molecule has 0 aromatic heterocycles. The maximum Gasteiger partial charge on any atom is 0.224 e. The van der Waals surface area contributed by atoms with Gasteiger partial charge >= 0.3 is 0 Å². The molecule has 1 aromatic rings. The van der Waals surface area contributed by atoms with E-state index in [4.69, 9.17) is 0 Å². The number of carbonyl (C=O) groups is 1. The van der Waals surface area contributed by atoms with Crippen molar-refractivity contribution in [2.75, 3.05) is 6.54 Å². The van der Waals surface area contributed by atoms with E-state index in [2.05, 4.69) is 29.6 Å². The maximum absolute atomic E-state index is 12.5. The minimum absolute atomic E-state index is 0.138. The second kappa shape index (κ2) is 4.84. The molecule has 3 heteroatoms. The average molecular weight is 285 g/mol. The fourth-order valence-corrected chi connectivity index (χ4v) is 4.50. The molecule has 4 rings (SSSR count). The predicted molar refractivity (Wildman–Crippen MR) is 80.9 cm³/mol. The molecule has 3 aliphatic rings. The number of aliphatic hydroxyl groups is 1. The minimum Gasteiger partial charge on any atom is -0.388 e. The smallest absolute Gasteiger partial charge is 0.224 e. The van der Waals surface area contributed by atoms with Crippen molar-refractivity contribution >= 4 is 5.91 Å². The van der Waals surface area contributed by atoms with Crippen LogP contribution in [0.2, 0.25) is 0 Å². The first kappa shape index (κ1) is 13.3. The summed E-state index contributed by atoms with van der Waals surface area (Å²) >= 11 is 0. The number of rotatable bonds is 3. The lowest BCUT2D eigenvalue weighted by molar-refractivity contribution is -0.124. The van der Waals surface area contributed by atoms with Crippen molar-refractivity contribution in [3.8, 4) is 0 Å². The summed E-state index contributed by atoms with van der Waals surface area (Å²) in [5.74, 6) is 1.24. The fraction of sp³-hybridized carbons (Fsp3) is 0.611. The third kappa shape index (κ3) is 2.28. The summed E-state index contributed by atoms with van der Waals surface area (Å²) in [6.07, 6.45) is 6.04. The highest BCUT2D eigenvalue weighted by molar-refractivity contribution is 5.84. The molecule has 2 N–H and O–H groups in total. The summed E-state index contributed by atoms with van der Waals surface area (Å²) in [4.78, 5) is 12.5. The normalized spacial score (nSPS) is 32.1. The van der Waals surface area contributed by atoms with E-state index in [1.54, 1.807) is 0 Å². The first-order chi connectivity index (χ1) is 10.2. The monoisotopic (exact) mass is 285 g/mol. The standard InChI is InChI=1S/C18H23NO2/c20-17(19-11-18(21)9-3-4-10-18)16-14-8-7-12-5-1-2-6-13(12)15(14)16/h1-2,5-6,14-16,21H,3-4,7-11H2,(H,19,20). The minimum atomic E-state index is -0.645. The Kier molecular flexibility index (Phi) is 3.07. The third-order valence-corrected chi connectivity index (χ3v) is 5.76. The zero-order valence-corrected chi connectivity index (χ0v) is 12.3. The van der Waals surface area contributed by atoms with Crippen molar-refractivity contribution in [1.82, 2.24) is 5.32 Å². The van der Waals surface area contributed by atoms with E-state index in [1.807, 2.05) is 0 Å². The van der Waals surface area contributed by atoms with Crippen molar-refractivity contribution in [3.63, 3.8) is 0 Å². The summed E-state index contributed by atoms with van der Waals surface area (Å²) < 4.78 is 0. The number of nitrogens with one attached hydrogen (secondary N) is 1. The molecule has 0 saturated heterocycles. The molecule has 3 atom stereocenters. The van der Waals surface area contributed by atoms with Crippen LogP contribution in [0.4, 0.5) is 0 Å². The number of carbonyl (C=O) groups excluding carboxylic acids is 1. The largest absolute Gasteiger partial charge is 0.388 e. The molecule has 3 unspecified atom stereocenters. The lowest BCUT2D eigenvalue weighted by Gasteiger charge is -2.22. The first-order valence-electron chi connectivity index (χ1n) is 8.26. The van der Waals surface area contributed by atoms with E-state index in [0.717, 1.165) is 38.5 Å². The van der Waals surface area contributed by atoms with Crippen LogP contribution in [0.3, 0.4) is 0 Å². The Labute approximate surface area is 125 Å². The van der Waals surface area contributed by atoms with E-state index in [1.165, 1.54) is 11.1 Å². The first-order valence-corrected chi connectivity index (χ1v) is 8.26. The molecule has 3 aliphatic carbocycles. The second-order valence-corrected chi connectivity index (χ2v) is 7.10. The molecule has 0 heterocycles. The molecule has 2 fully saturated rings. The van der Waals surface area contributed by atoms with Crippen LogP contribution in [0.15, 0.2) is 24.3 Å². The van der Waals surface area contributed by atoms with Crippen LogP contribution in [-0.2, 0) is 11.2 Å². The van der Waals surface area contributed by atoms with Crippen LogP contribution < -0.4 is 5.32 Å². The van der Waals surface area contributed by atoms with Gasteiger partial charge in [-0.2, -0.15) is 0 Å². The fourth-order valence-electron chi connectivity index (χ4n) is 4.50. The molecule has 21 heavy (non-hydrogen) atoms. The number of hydrogen-bond acceptors (Lipinski definition) is 2. The number of benzene rings is 1. The maximum atomic E-state index is 12.5. The summed E-state index contributed by atoms with van der Waals surface area (Å²) in [6, 6.07) is 8.55. The molecular weight excluding hydrogens is 262 g/mol. The second-order valence-electron chi connectivity index (χ2n) is 7.10. The van der Waals surface area contributed by atoms with Gasteiger partial charge in [0, 0.05) is 12.5 Å². The van der Waals surface area contributed by atoms with Crippen molar-refractivity contribution in [2.45, 2.75) is 50.0 Å². The zero-order chi connectivity index (χ0) is 14.4.